The number of hydrogen-bond donors (Lipinski definition) is 0. The SMILES string of the molecule is C[N+]1=COC(=CBr)C1(C)C. The Labute approximate surface area is 69.3 Å². The van der Waals surface area contributed by atoms with Crippen LogP contribution in [0, 0.1) is 0 Å². The number of hydrogen-bond acceptors (Lipinski definition) is 1. The monoisotopic (exact) mass is 204 g/mol. The molecule has 1 aliphatic rings. The van der Waals surface area contributed by atoms with Gasteiger partial charge in [-0.25, -0.2) is 0 Å². The van der Waals surface area contributed by atoms with Crippen molar-refractivity contribution in [1.29, 1.82) is 0 Å². The van der Waals surface area contributed by atoms with Gasteiger partial charge in [0.15, 0.2) is 5.76 Å². The molecule has 0 spiro atoms. The average Bonchev–Trinajstić information content (AvgIpc) is 2.10. The molecule has 0 atom stereocenters. The normalized spacial score (nSPS) is 26.4. The van der Waals surface area contributed by atoms with Gasteiger partial charge in [-0.1, -0.05) is 15.9 Å². The molecule has 0 amide bonds. The van der Waals surface area contributed by atoms with Gasteiger partial charge in [0.05, 0.1) is 0 Å². The third-order valence-electron chi connectivity index (χ3n) is 1.92. The van der Waals surface area contributed by atoms with Gasteiger partial charge in [0.25, 0.3) is 0 Å². The zero-order chi connectivity index (χ0) is 7.78. The van der Waals surface area contributed by atoms with E-state index in [-0.39, 0.29) is 5.54 Å². The van der Waals surface area contributed by atoms with E-state index >= 15 is 0 Å². The predicted octanol–water partition coefficient (Wildman–Crippen LogP) is 1.70. The number of nitrogens with zero attached hydrogens (tertiary/aromatic N) is 1. The maximum absolute atomic E-state index is 5.24. The summed E-state index contributed by atoms with van der Waals surface area (Å²) in [6.07, 6.45) is 1.72. The highest BCUT2D eigenvalue weighted by molar-refractivity contribution is 9.11. The number of likely N-dealkylation sites (N-methyl/N-ethyl adjacent to an activating group) is 1. The largest absolute Gasteiger partial charge is 0.408 e. The Hall–Kier alpha value is -0.310. The van der Waals surface area contributed by atoms with E-state index in [1.165, 1.54) is 0 Å². The summed E-state index contributed by atoms with van der Waals surface area (Å²) in [5, 5.41) is 0. The van der Waals surface area contributed by atoms with E-state index in [1.807, 2.05) is 16.6 Å². The van der Waals surface area contributed by atoms with Gasteiger partial charge in [-0.15, -0.1) is 0 Å². The molecule has 0 aromatic heterocycles. The second-order valence-electron chi connectivity index (χ2n) is 2.87. The van der Waals surface area contributed by atoms with Crippen LogP contribution in [-0.2, 0) is 4.74 Å². The van der Waals surface area contributed by atoms with E-state index in [2.05, 4.69) is 29.8 Å². The molecule has 0 unspecified atom stereocenters. The molecular formula is C7H11BrNO+. The molecule has 10 heavy (non-hydrogen) atoms. The quantitative estimate of drug-likeness (QED) is 0.548. The Balaban J connectivity index is 2.95. The highest BCUT2D eigenvalue weighted by Crippen LogP contribution is 2.25. The Morgan fingerprint density at radius 1 is 1.70 bits per heavy atom. The molecule has 1 heterocycles. The molecule has 0 fully saturated rings. The lowest BCUT2D eigenvalue weighted by Gasteiger charge is -2.11. The van der Waals surface area contributed by atoms with E-state index in [4.69, 9.17) is 4.74 Å². The van der Waals surface area contributed by atoms with Crippen LogP contribution in [0.1, 0.15) is 13.8 Å². The average molecular weight is 205 g/mol. The van der Waals surface area contributed by atoms with Crippen molar-refractivity contribution in [3.05, 3.63) is 10.7 Å². The lowest BCUT2D eigenvalue weighted by molar-refractivity contribution is -0.552. The molecule has 0 aliphatic carbocycles. The molecule has 56 valence electrons. The third kappa shape index (κ3) is 0.985. The lowest BCUT2D eigenvalue weighted by atomic mass is 10.0. The van der Waals surface area contributed by atoms with E-state index in [0.717, 1.165) is 5.76 Å². The second kappa shape index (κ2) is 2.38. The summed E-state index contributed by atoms with van der Waals surface area (Å²) >= 11 is 3.25. The van der Waals surface area contributed by atoms with Crippen molar-refractivity contribution >= 4 is 22.3 Å². The molecule has 0 saturated heterocycles. The number of rotatable bonds is 0. The zero-order valence-electron chi connectivity index (χ0n) is 6.39. The summed E-state index contributed by atoms with van der Waals surface area (Å²) in [5.41, 5.74) is -0.0104. The van der Waals surface area contributed by atoms with Crippen molar-refractivity contribution in [1.82, 2.24) is 0 Å². The molecule has 0 saturated carbocycles. The van der Waals surface area contributed by atoms with Gasteiger partial charge >= 0.3 is 6.40 Å². The topological polar surface area (TPSA) is 12.2 Å². The Bertz CT molecular complexity index is 206. The smallest absolute Gasteiger partial charge is 0.329 e. The van der Waals surface area contributed by atoms with Crippen LogP contribution in [-0.4, -0.2) is 23.6 Å². The molecule has 0 bridgehead atoms. The summed E-state index contributed by atoms with van der Waals surface area (Å²) < 4.78 is 7.27. The summed E-state index contributed by atoms with van der Waals surface area (Å²) in [4.78, 5) is 1.81. The molecule has 1 rings (SSSR count). The van der Waals surface area contributed by atoms with Crippen molar-refractivity contribution in [2.75, 3.05) is 7.05 Å². The van der Waals surface area contributed by atoms with Crippen molar-refractivity contribution in [2.45, 2.75) is 19.4 Å². The maximum Gasteiger partial charge on any atom is 0.329 e. The molecule has 3 heteroatoms. The fourth-order valence-electron chi connectivity index (χ4n) is 0.745. The fraction of sp³-hybridized carbons (Fsp3) is 0.571. The predicted molar refractivity (Wildman–Crippen MR) is 44.4 cm³/mol. The Kier molecular flexibility index (Phi) is 1.86. The van der Waals surface area contributed by atoms with Gasteiger partial charge in [-0.2, -0.15) is 4.58 Å². The van der Waals surface area contributed by atoms with Gasteiger partial charge in [-0.05, 0) is 0 Å². The molecule has 2 nitrogen and oxygen atoms in total. The minimum Gasteiger partial charge on any atom is -0.408 e. The van der Waals surface area contributed by atoms with Crippen molar-refractivity contribution in [3.8, 4) is 0 Å². The van der Waals surface area contributed by atoms with Crippen LogP contribution in [0.4, 0.5) is 0 Å². The van der Waals surface area contributed by atoms with E-state index in [0.29, 0.717) is 0 Å². The lowest BCUT2D eigenvalue weighted by Crippen LogP contribution is -2.30. The first-order valence-electron chi connectivity index (χ1n) is 3.13. The summed E-state index contributed by atoms with van der Waals surface area (Å²) in [7, 11) is 1.99. The third-order valence-corrected chi connectivity index (χ3v) is 2.34. The van der Waals surface area contributed by atoms with Crippen molar-refractivity contribution in [3.63, 3.8) is 0 Å². The summed E-state index contributed by atoms with van der Waals surface area (Å²) in [6, 6.07) is 0. The van der Waals surface area contributed by atoms with Crippen LogP contribution in [0.3, 0.4) is 0 Å². The second-order valence-corrected chi connectivity index (χ2v) is 3.32. The minimum absolute atomic E-state index is 0.0104. The van der Waals surface area contributed by atoms with Crippen LogP contribution >= 0.6 is 15.9 Å². The molecule has 0 radical (unpaired) electrons. The van der Waals surface area contributed by atoms with Gasteiger partial charge in [0.2, 0.25) is 5.54 Å². The first-order chi connectivity index (χ1) is 4.59. The molecule has 0 aromatic carbocycles. The number of ether oxygens (including phenoxy) is 1. The van der Waals surface area contributed by atoms with Crippen LogP contribution in [0.25, 0.3) is 0 Å². The molecule has 0 aromatic rings. The Morgan fingerprint density at radius 3 is 2.50 bits per heavy atom. The molecule has 1 aliphatic heterocycles. The summed E-state index contributed by atoms with van der Waals surface area (Å²) in [6.45, 7) is 4.20. The first-order valence-corrected chi connectivity index (χ1v) is 4.04. The van der Waals surface area contributed by atoms with Crippen molar-refractivity contribution < 1.29 is 9.31 Å². The highest BCUT2D eigenvalue weighted by atomic mass is 79.9. The molecular weight excluding hydrogens is 194 g/mol. The van der Waals surface area contributed by atoms with E-state index < -0.39 is 0 Å². The first kappa shape index (κ1) is 7.79. The minimum atomic E-state index is -0.0104. The van der Waals surface area contributed by atoms with E-state index in [9.17, 15) is 0 Å². The van der Waals surface area contributed by atoms with Crippen LogP contribution < -0.4 is 0 Å². The van der Waals surface area contributed by atoms with Gasteiger partial charge in [0, 0.05) is 18.8 Å². The van der Waals surface area contributed by atoms with Crippen LogP contribution in [0.5, 0.6) is 0 Å². The summed E-state index contributed by atoms with van der Waals surface area (Å²) in [5.74, 6) is 0.940. The van der Waals surface area contributed by atoms with Gasteiger partial charge in [0.1, 0.15) is 7.05 Å². The van der Waals surface area contributed by atoms with Crippen molar-refractivity contribution in [2.24, 2.45) is 0 Å². The maximum atomic E-state index is 5.24. The van der Waals surface area contributed by atoms with E-state index in [1.54, 1.807) is 6.40 Å². The van der Waals surface area contributed by atoms with Crippen LogP contribution in [0.15, 0.2) is 10.7 Å². The fourth-order valence-corrected chi connectivity index (χ4v) is 1.41. The number of halogens is 1. The standard InChI is InChI=1S/C7H11BrNO/c1-7(2)6(4-8)10-5-9(7)3/h4-5H,1-3H3/q+1. The van der Waals surface area contributed by atoms with Gasteiger partial charge in [-0.3, -0.25) is 0 Å². The highest BCUT2D eigenvalue weighted by Gasteiger charge is 2.39. The Morgan fingerprint density at radius 2 is 2.30 bits per heavy atom. The van der Waals surface area contributed by atoms with Crippen LogP contribution in [0.2, 0.25) is 0 Å². The molecule has 0 N–H and O–H groups in total. The van der Waals surface area contributed by atoms with Gasteiger partial charge < -0.3 is 4.74 Å². The zero-order valence-corrected chi connectivity index (χ0v) is 7.97.